The van der Waals surface area contributed by atoms with Crippen molar-refractivity contribution in [1.82, 2.24) is 4.90 Å². The number of benzene rings is 1. The number of ether oxygens (including phenoxy) is 1. The van der Waals surface area contributed by atoms with Crippen molar-refractivity contribution in [3.63, 3.8) is 0 Å². The average molecular weight is 300 g/mol. The fraction of sp³-hybridized carbons (Fsp3) is 0.353. The lowest BCUT2D eigenvalue weighted by Crippen LogP contribution is -2.30. The van der Waals surface area contributed by atoms with Gasteiger partial charge in [0.2, 0.25) is 0 Å². The molecule has 1 amide bonds. The van der Waals surface area contributed by atoms with E-state index < -0.39 is 0 Å². The van der Waals surface area contributed by atoms with Gasteiger partial charge in [-0.25, -0.2) is 0 Å². The second-order valence-electron chi connectivity index (χ2n) is 5.52. The SMILES string of the molecule is NCC1CCN(C(=O)c2occc2COc2ccccc2)C1. The zero-order chi connectivity index (χ0) is 15.4. The predicted octanol–water partition coefficient (Wildman–Crippen LogP) is 2.28. The zero-order valence-corrected chi connectivity index (χ0v) is 12.4. The number of rotatable bonds is 5. The first-order chi connectivity index (χ1) is 10.8. The van der Waals surface area contributed by atoms with Crippen molar-refractivity contribution < 1.29 is 13.9 Å². The molecule has 5 nitrogen and oxygen atoms in total. The van der Waals surface area contributed by atoms with Crippen LogP contribution in [0.2, 0.25) is 0 Å². The molecule has 1 aromatic heterocycles. The normalized spacial score (nSPS) is 17.7. The molecule has 1 saturated heterocycles. The minimum Gasteiger partial charge on any atom is -0.489 e. The first-order valence-corrected chi connectivity index (χ1v) is 7.51. The number of carbonyl (C=O) groups excluding carboxylic acids is 1. The molecular formula is C17H20N2O3. The lowest BCUT2D eigenvalue weighted by molar-refractivity contribution is 0.0752. The standard InChI is InChI=1S/C17H20N2O3/c18-10-13-6-8-19(11-13)17(20)16-14(7-9-21-16)12-22-15-4-2-1-3-5-15/h1-5,7,9,13H,6,8,10-12,18H2. The van der Waals surface area contributed by atoms with Crippen LogP contribution in [0.25, 0.3) is 0 Å². The third-order valence-electron chi connectivity index (χ3n) is 3.98. The fourth-order valence-corrected chi connectivity index (χ4v) is 2.67. The molecule has 1 aromatic carbocycles. The highest BCUT2D eigenvalue weighted by molar-refractivity contribution is 5.93. The van der Waals surface area contributed by atoms with E-state index in [9.17, 15) is 4.79 Å². The number of hydrogen-bond donors (Lipinski definition) is 1. The zero-order valence-electron chi connectivity index (χ0n) is 12.4. The first kappa shape index (κ1) is 14.7. The summed E-state index contributed by atoms with van der Waals surface area (Å²) in [4.78, 5) is 14.3. The number of furan rings is 1. The molecule has 2 heterocycles. The third kappa shape index (κ3) is 3.14. The van der Waals surface area contributed by atoms with E-state index in [0.29, 0.717) is 31.4 Å². The molecule has 1 aliphatic heterocycles. The van der Waals surface area contributed by atoms with Crippen LogP contribution in [-0.2, 0) is 6.61 Å². The summed E-state index contributed by atoms with van der Waals surface area (Å²) in [7, 11) is 0. The summed E-state index contributed by atoms with van der Waals surface area (Å²) in [6.07, 6.45) is 2.49. The largest absolute Gasteiger partial charge is 0.489 e. The minimum atomic E-state index is -0.0763. The Hall–Kier alpha value is -2.27. The van der Waals surface area contributed by atoms with E-state index in [4.69, 9.17) is 14.9 Å². The van der Waals surface area contributed by atoms with Gasteiger partial charge in [-0.15, -0.1) is 0 Å². The van der Waals surface area contributed by atoms with Gasteiger partial charge in [0.05, 0.1) is 6.26 Å². The van der Waals surface area contributed by atoms with Crippen LogP contribution in [-0.4, -0.2) is 30.4 Å². The summed E-state index contributed by atoms with van der Waals surface area (Å²) in [5.74, 6) is 1.45. The number of likely N-dealkylation sites (tertiary alicyclic amines) is 1. The summed E-state index contributed by atoms with van der Waals surface area (Å²) < 4.78 is 11.1. The molecule has 2 aromatic rings. The van der Waals surface area contributed by atoms with E-state index >= 15 is 0 Å². The van der Waals surface area contributed by atoms with Crippen LogP contribution >= 0.6 is 0 Å². The van der Waals surface area contributed by atoms with E-state index in [0.717, 1.165) is 24.3 Å². The Morgan fingerprint density at radius 1 is 1.32 bits per heavy atom. The second-order valence-corrected chi connectivity index (χ2v) is 5.52. The Balaban J connectivity index is 1.65. The molecule has 2 N–H and O–H groups in total. The van der Waals surface area contributed by atoms with Crippen molar-refractivity contribution in [1.29, 1.82) is 0 Å². The van der Waals surface area contributed by atoms with Gasteiger partial charge in [0, 0.05) is 18.7 Å². The smallest absolute Gasteiger partial charge is 0.289 e. The van der Waals surface area contributed by atoms with Crippen LogP contribution in [0.1, 0.15) is 22.5 Å². The third-order valence-corrected chi connectivity index (χ3v) is 3.98. The number of carbonyl (C=O) groups is 1. The van der Waals surface area contributed by atoms with Gasteiger partial charge in [0.25, 0.3) is 5.91 Å². The van der Waals surface area contributed by atoms with Crippen LogP contribution in [0.4, 0.5) is 0 Å². The molecule has 1 aliphatic rings. The molecule has 1 fully saturated rings. The van der Waals surface area contributed by atoms with Gasteiger partial charge in [-0.1, -0.05) is 18.2 Å². The van der Waals surface area contributed by atoms with Gasteiger partial charge in [-0.05, 0) is 37.1 Å². The highest BCUT2D eigenvalue weighted by atomic mass is 16.5. The van der Waals surface area contributed by atoms with E-state index in [1.54, 1.807) is 6.07 Å². The summed E-state index contributed by atoms with van der Waals surface area (Å²) in [6.45, 7) is 2.37. The Kier molecular flexibility index (Phi) is 4.44. The number of hydrogen-bond acceptors (Lipinski definition) is 4. The lowest BCUT2D eigenvalue weighted by atomic mass is 10.1. The van der Waals surface area contributed by atoms with Gasteiger partial charge >= 0.3 is 0 Å². The number of nitrogens with zero attached hydrogens (tertiary/aromatic N) is 1. The molecule has 0 radical (unpaired) electrons. The number of para-hydroxylation sites is 1. The fourth-order valence-electron chi connectivity index (χ4n) is 2.67. The molecule has 1 unspecified atom stereocenters. The summed E-state index contributed by atoms with van der Waals surface area (Å²) in [5.41, 5.74) is 6.44. The van der Waals surface area contributed by atoms with Crippen LogP contribution in [0, 0.1) is 5.92 Å². The Bertz CT molecular complexity index is 624. The van der Waals surface area contributed by atoms with E-state index in [1.165, 1.54) is 6.26 Å². The van der Waals surface area contributed by atoms with Crippen molar-refractivity contribution >= 4 is 5.91 Å². The van der Waals surface area contributed by atoms with Crippen molar-refractivity contribution in [3.05, 3.63) is 54.0 Å². The maximum Gasteiger partial charge on any atom is 0.289 e. The van der Waals surface area contributed by atoms with Crippen molar-refractivity contribution in [2.24, 2.45) is 11.7 Å². The summed E-state index contributed by atoms with van der Waals surface area (Å²) >= 11 is 0. The highest BCUT2D eigenvalue weighted by Gasteiger charge is 2.29. The van der Waals surface area contributed by atoms with Crippen molar-refractivity contribution in [3.8, 4) is 5.75 Å². The monoisotopic (exact) mass is 300 g/mol. The number of amides is 1. The molecule has 5 heteroatoms. The average Bonchev–Trinajstić information content (AvgIpc) is 3.22. The van der Waals surface area contributed by atoms with Crippen LogP contribution in [0.15, 0.2) is 47.1 Å². The summed E-state index contributed by atoms with van der Waals surface area (Å²) in [5, 5.41) is 0. The van der Waals surface area contributed by atoms with Crippen molar-refractivity contribution in [2.45, 2.75) is 13.0 Å². The lowest BCUT2D eigenvalue weighted by Gasteiger charge is -2.15. The number of nitrogens with two attached hydrogens (primary N) is 1. The second kappa shape index (κ2) is 6.66. The molecule has 0 spiro atoms. The predicted molar refractivity (Wildman–Crippen MR) is 82.5 cm³/mol. The van der Waals surface area contributed by atoms with Crippen LogP contribution in [0.3, 0.4) is 0 Å². The topological polar surface area (TPSA) is 68.7 Å². The highest BCUT2D eigenvalue weighted by Crippen LogP contribution is 2.21. The summed E-state index contributed by atoms with van der Waals surface area (Å²) in [6, 6.07) is 11.3. The van der Waals surface area contributed by atoms with Gasteiger partial charge in [-0.2, -0.15) is 0 Å². The molecule has 0 saturated carbocycles. The van der Waals surface area contributed by atoms with Gasteiger partial charge in [-0.3, -0.25) is 4.79 Å². The maximum atomic E-state index is 12.5. The van der Waals surface area contributed by atoms with Crippen LogP contribution in [0.5, 0.6) is 5.75 Å². The van der Waals surface area contributed by atoms with E-state index in [1.807, 2.05) is 35.2 Å². The maximum absolute atomic E-state index is 12.5. The minimum absolute atomic E-state index is 0.0763. The molecule has 116 valence electrons. The Labute approximate surface area is 129 Å². The Morgan fingerprint density at radius 3 is 2.86 bits per heavy atom. The van der Waals surface area contributed by atoms with Crippen molar-refractivity contribution in [2.75, 3.05) is 19.6 Å². The molecule has 0 bridgehead atoms. The van der Waals surface area contributed by atoms with Crippen LogP contribution < -0.4 is 10.5 Å². The Morgan fingerprint density at radius 2 is 2.14 bits per heavy atom. The molecule has 22 heavy (non-hydrogen) atoms. The molecular weight excluding hydrogens is 280 g/mol. The van der Waals surface area contributed by atoms with E-state index in [-0.39, 0.29) is 5.91 Å². The van der Waals surface area contributed by atoms with Gasteiger partial charge in [0.15, 0.2) is 5.76 Å². The molecule has 1 atom stereocenters. The van der Waals surface area contributed by atoms with Gasteiger partial charge in [0.1, 0.15) is 12.4 Å². The van der Waals surface area contributed by atoms with Gasteiger partial charge < -0.3 is 19.8 Å². The quantitative estimate of drug-likeness (QED) is 0.920. The van der Waals surface area contributed by atoms with E-state index in [2.05, 4.69) is 0 Å². The molecule has 3 rings (SSSR count). The first-order valence-electron chi connectivity index (χ1n) is 7.51. The molecule has 0 aliphatic carbocycles.